The van der Waals surface area contributed by atoms with Crippen LogP contribution in [0.2, 0.25) is 6.04 Å². The summed E-state index contributed by atoms with van der Waals surface area (Å²) in [5.41, 5.74) is 0. The van der Waals surface area contributed by atoms with Crippen molar-refractivity contribution in [2.45, 2.75) is 72.3 Å². The maximum atomic E-state index is 6.05. The summed E-state index contributed by atoms with van der Waals surface area (Å²) in [4.78, 5) is 0. The predicted molar refractivity (Wildman–Crippen MR) is 82.7 cm³/mol. The second kappa shape index (κ2) is 8.85. The third kappa shape index (κ3) is 8.53. The SMILES string of the molecule is CC(C)O[Si](CCCI)(OC(C)C)OC(C)C. The van der Waals surface area contributed by atoms with Crippen molar-refractivity contribution in [3.63, 3.8) is 0 Å². The number of hydrogen-bond donors (Lipinski definition) is 0. The minimum atomic E-state index is -2.51. The van der Waals surface area contributed by atoms with Gasteiger partial charge in [0.1, 0.15) is 0 Å². The lowest BCUT2D eigenvalue weighted by Gasteiger charge is -2.34. The molecule has 104 valence electrons. The first-order valence-electron chi connectivity index (χ1n) is 6.40. The Hall–Kier alpha value is 0.827. The van der Waals surface area contributed by atoms with Gasteiger partial charge in [-0.3, -0.25) is 0 Å². The van der Waals surface area contributed by atoms with Crippen LogP contribution < -0.4 is 0 Å². The van der Waals surface area contributed by atoms with E-state index in [2.05, 4.69) is 22.6 Å². The highest BCUT2D eigenvalue weighted by Gasteiger charge is 2.43. The summed E-state index contributed by atoms with van der Waals surface area (Å²) >= 11 is 2.38. The molecule has 0 bridgehead atoms. The molecule has 0 saturated carbocycles. The Labute approximate surface area is 121 Å². The molecule has 0 amide bonds. The van der Waals surface area contributed by atoms with E-state index in [1.165, 1.54) is 0 Å². The Morgan fingerprint density at radius 2 is 1.18 bits per heavy atom. The summed E-state index contributed by atoms with van der Waals surface area (Å²) in [6.07, 6.45) is 1.52. The Bertz CT molecular complexity index is 172. The van der Waals surface area contributed by atoms with E-state index in [4.69, 9.17) is 13.3 Å². The van der Waals surface area contributed by atoms with Crippen LogP contribution in [0.15, 0.2) is 0 Å². The summed E-state index contributed by atoms with van der Waals surface area (Å²) in [5, 5.41) is 0. The Morgan fingerprint density at radius 1 is 0.824 bits per heavy atom. The van der Waals surface area contributed by atoms with Crippen LogP contribution in [0.25, 0.3) is 0 Å². The van der Waals surface area contributed by atoms with Crippen LogP contribution in [0.5, 0.6) is 0 Å². The van der Waals surface area contributed by atoms with Crippen LogP contribution in [0.1, 0.15) is 48.0 Å². The van der Waals surface area contributed by atoms with Gasteiger partial charge in [-0.25, -0.2) is 0 Å². The third-order valence-corrected chi connectivity index (χ3v) is 6.08. The van der Waals surface area contributed by atoms with Gasteiger partial charge < -0.3 is 13.3 Å². The van der Waals surface area contributed by atoms with Gasteiger partial charge in [0.15, 0.2) is 0 Å². The lowest BCUT2D eigenvalue weighted by atomic mass is 10.5. The van der Waals surface area contributed by atoms with Crippen molar-refractivity contribution >= 4 is 31.4 Å². The van der Waals surface area contributed by atoms with E-state index in [1.54, 1.807) is 0 Å². The molecule has 0 aliphatic rings. The van der Waals surface area contributed by atoms with Gasteiger partial charge in [0.05, 0.1) is 0 Å². The second-order valence-electron chi connectivity index (χ2n) is 4.98. The first-order chi connectivity index (χ1) is 7.81. The van der Waals surface area contributed by atoms with Gasteiger partial charge >= 0.3 is 8.80 Å². The van der Waals surface area contributed by atoms with Gasteiger partial charge in [-0.2, -0.15) is 0 Å². The maximum absolute atomic E-state index is 6.05. The molecule has 0 aliphatic carbocycles. The molecule has 5 heteroatoms. The zero-order chi connectivity index (χ0) is 13.5. The second-order valence-corrected chi connectivity index (χ2v) is 8.63. The van der Waals surface area contributed by atoms with Gasteiger partial charge in [0.2, 0.25) is 0 Å². The van der Waals surface area contributed by atoms with Crippen LogP contribution in [0.3, 0.4) is 0 Å². The molecule has 0 fully saturated rings. The Morgan fingerprint density at radius 3 is 1.41 bits per heavy atom. The van der Waals surface area contributed by atoms with Crippen molar-refractivity contribution in [3.05, 3.63) is 0 Å². The lowest BCUT2D eigenvalue weighted by Crippen LogP contribution is -2.50. The number of hydrogen-bond acceptors (Lipinski definition) is 3. The molecule has 0 spiro atoms. The van der Waals surface area contributed by atoms with Crippen molar-refractivity contribution in [3.8, 4) is 0 Å². The molecule has 0 radical (unpaired) electrons. The molecule has 0 heterocycles. The van der Waals surface area contributed by atoms with Gasteiger partial charge in [-0.15, -0.1) is 0 Å². The van der Waals surface area contributed by atoms with E-state index in [9.17, 15) is 0 Å². The van der Waals surface area contributed by atoms with Gasteiger partial charge in [0, 0.05) is 24.4 Å². The monoisotopic (exact) mass is 374 g/mol. The summed E-state index contributed by atoms with van der Waals surface area (Å²) in [7, 11) is -2.51. The van der Waals surface area contributed by atoms with Gasteiger partial charge in [-0.05, 0) is 52.4 Å². The highest BCUT2D eigenvalue weighted by Crippen LogP contribution is 2.24. The smallest absolute Gasteiger partial charge is 0.371 e. The molecule has 0 aromatic rings. The predicted octanol–water partition coefficient (Wildman–Crippen LogP) is 4.03. The van der Waals surface area contributed by atoms with Crippen molar-refractivity contribution in [2.75, 3.05) is 4.43 Å². The third-order valence-electron chi connectivity index (χ3n) is 1.86. The maximum Gasteiger partial charge on any atom is 0.501 e. The standard InChI is InChI=1S/C12H27IO3Si/c1-10(2)14-17(9-7-8-13,15-11(3)4)16-12(5)6/h10-12H,7-9H2,1-6H3. The molecule has 0 rings (SSSR count). The molecule has 0 unspecified atom stereocenters. The number of rotatable bonds is 9. The van der Waals surface area contributed by atoms with Gasteiger partial charge in [-0.1, -0.05) is 22.6 Å². The quantitative estimate of drug-likeness (QED) is 0.347. The first-order valence-corrected chi connectivity index (χ1v) is 9.86. The molecule has 3 nitrogen and oxygen atoms in total. The molecule has 0 N–H and O–H groups in total. The normalized spacial score (nSPS) is 13.1. The van der Waals surface area contributed by atoms with Crippen molar-refractivity contribution in [1.82, 2.24) is 0 Å². The van der Waals surface area contributed by atoms with Gasteiger partial charge in [0.25, 0.3) is 0 Å². The summed E-state index contributed by atoms with van der Waals surface area (Å²) < 4.78 is 19.3. The van der Waals surface area contributed by atoms with Crippen LogP contribution in [0, 0.1) is 0 Å². The molecule has 0 aromatic heterocycles. The minimum Gasteiger partial charge on any atom is -0.371 e. The van der Waals surface area contributed by atoms with Crippen molar-refractivity contribution in [2.24, 2.45) is 0 Å². The topological polar surface area (TPSA) is 27.7 Å². The molecular formula is C12H27IO3Si. The van der Waals surface area contributed by atoms with E-state index in [0.29, 0.717) is 0 Å². The average Bonchev–Trinajstić information content (AvgIpc) is 2.11. The number of alkyl halides is 1. The molecule has 17 heavy (non-hydrogen) atoms. The summed E-state index contributed by atoms with van der Waals surface area (Å²) in [6.45, 7) is 12.2. The fraction of sp³-hybridized carbons (Fsp3) is 1.00. The Kier molecular flexibility index (Phi) is 9.28. The van der Waals surface area contributed by atoms with Crippen molar-refractivity contribution in [1.29, 1.82) is 0 Å². The Balaban J connectivity index is 4.76. The van der Waals surface area contributed by atoms with Crippen LogP contribution in [0.4, 0.5) is 0 Å². The first kappa shape index (κ1) is 17.8. The van der Waals surface area contributed by atoms with Crippen LogP contribution >= 0.6 is 22.6 Å². The van der Waals surface area contributed by atoms with E-state index in [1.807, 2.05) is 41.5 Å². The lowest BCUT2D eigenvalue weighted by molar-refractivity contribution is 0.00322. The summed E-state index contributed by atoms with van der Waals surface area (Å²) in [6, 6.07) is 0.907. The van der Waals surface area contributed by atoms with E-state index in [0.717, 1.165) is 16.9 Å². The molecule has 0 aliphatic heterocycles. The van der Waals surface area contributed by atoms with Crippen LogP contribution in [-0.4, -0.2) is 31.5 Å². The van der Waals surface area contributed by atoms with Crippen LogP contribution in [-0.2, 0) is 13.3 Å². The zero-order valence-electron chi connectivity index (χ0n) is 12.0. The zero-order valence-corrected chi connectivity index (χ0v) is 15.1. The highest BCUT2D eigenvalue weighted by atomic mass is 127. The average molecular weight is 374 g/mol. The largest absolute Gasteiger partial charge is 0.501 e. The van der Waals surface area contributed by atoms with E-state index < -0.39 is 8.80 Å². The number of halogens is 1. The van der Waals surface area contributed by atoms with Crippen molar-refractivity contribution < 1.29 is 13.3 Å². The molecule has 0 aromatic carbocycles. The molecular weight excluding hydrogens is 347 g/mol. The highest BCUT2D eigenvalue weighted by molar-refractivity contribution is 14.1. The fourth-order valence-electron chi connectivity index (χ4n) is 1.62. The minimum absolute atomic E-state index is 0.147. The fourth-order valence-corrected chi connectivity index (χ4v) is 6.01. The molecule has 0 atom stereocenters. The summed E-state index contributed by atoms with van der Waals surface area (Å²) in [5.74, 6) is 0. The molecule has 0 saturated heterocycles. The van der Waals surface area contributed by atoms with E-state index in [-0.39, 0.29) is 18.3 Å². The van der Waals surface area contributed by atoms with E-state index >= 15 is 0 Å².